The molecular weight excluding hydrogens is 471 g/mol. The molecule has 8 heteroatoms. The Balaban J connectivity index is 0.00000261. The predicted molar refractivity (Wildman–Crippen MR) is 125 cm³/mol. The molecular formula is C19H25IN6S. The Morgan fingerprint density at radius 1 is 1.11 bits per heavy atom. The fourth-order valence-corrected chi connectivity index (χ4v) is 3.21. The van der Waals surface area contributed by atoms with Crippen LogP contribution in [0.15, 0.2) is 47.6 Å². The number of nitrogens with one attached hydrogen (secondary N) is 3. The van der Waals surface area contributed by atoms with Crippen LogP contribution in [0.4, 0.5) is 5.82 Å². The van der Waals surface area contributed by atoms with Gasteiger partial charge in [-0.3, -0.25) is 0 Å². The summed E-state index contributed by atoms with van der Waals surface area (Å²) in [5, 5.41) is 12.1. The zero-order valence-corrected chi connectivity index (χ0v) is 18.7. The minimum absolute atomic E-state index is 0. The van der Waals surface area contributed by atoms with Crippen molar-refractivity contribution in [2.45, 2.75) is 20.4 Å². The van der Waals surface area contributed by atoms with E-state index in [2.05, 4.69) is 56.9 Å². The number of fused-ring (bicyclic) bond motifs is 1. The zero-order valence-electron chi connectivity index (χ0n) is 15.5. The molecule has 0 bridgehead atoms. The molecule has 2 heterocycles. The van der Waals surface area contributed by atoms with E-state index >= 15 is 0 Å². The van der Waals surface area contributed by atoms with Gasteiger partial charge >= 0.3 is 0 Å². The number of aliphatic imine (C=N–C) groups is 1. The lowest BCUT2D eigenvalue weighted by Gasteiger charge is -2.12. The number of thiazole rings is 1. The molecule has 1 aromatic carbocycles. The summed E-state index contributed by atoms with van der Waals surface area (Å²) in [7, 11) is 0. The number of guanidine groups is 1. The number of benzene rings is 1. The average Bonchev–Trinajstić information content (AvgIpc) is 3.08. The van der Waals surface area contributed by atoms with Gasteiger partial charge in [-0.25, -0.2) is 15.0 Å². The highest BCUT2D eigenvalue weighted by molar-refractivity contribution is 14.0. The monoisotopic (exact) mass is 496 g/mol. The number of hydrogen-bond donors (Lipinski definition) is 3. The Kier molecular flexibility index (Phi) is 8.73. The molecule has 2 aromatic heterocycles. The van der Waals surface area contributed by atoms with Crippen molar-refractivity contribution in [3.05, 3.63) is 52.5 Å². The number of aromatic nitrogens is 2. The largest absolute Gasteiger partial charge is 0.368 e. The van der Waals surface area contributed by atoms with Gasteiger partial charge in [0.05, 0.1) is 12.1 Å². The smallest absolute Gasteiger partial charge is 0.191 e. The van der Waals surface area contributed by atoms with Crippen LogP contribution in [-0.4, -0.2) is 35.6 Å². The van der Waals surface area contributed by atoms with E-state index in [0.29, 0.717) is 6.54 Å². The van der Waals surface area contributed by atoms with Crippen molar-refractivity contribution in [2.75, 3.05) is 25.0 Å². The molecule has 0 aliphatic heterocycles. The van der Waals surface area contributed by atoms with E-state index in [1.165, 1.54) is 4.88 Å². The highest BCUT2D eigenvalue weighted by Crippen LogP contribution is 2.14. The summed E-state index contributed by atoms with van der Waals surface area (Å²) >= 11 is 1.68. The van der Waals surface area contributed by atoms with E-state index in [9.17, 15) is 0 Å². The number of nitrogens with zero attached hydrogens (tertiary/aromatic N) is 3. The van der Waals surface area contributed by atoms with Crippen LogP contribution >= 0.6 is 35.3 Å². The van der Waals surface area contributed by atoms with Crippen LogP contribution in [0.3, 0.4) is 0 Å². The van der Waals surface area contributed by atoms with Crippen molar-refractivity contribution >= 4 is 58.0 Å². The minimum atomic E-state index is 0. The molecule has 27 heavy (non-hydrogen) atoms. The molecule has 3 aromatic rings. The molecule has 0 atom stereocenters. The molecule has 144 valence electrons. The van der Waals surface area contributed by atoms with Crippen LogP contribution < -0.4 is 16.0 Å². The van der Waals surface area contributed by atoms with E-state index in [1.807, 2.05) is 30.5 Å². The number of aryl methyl sites for hydroxylation is 1. The van der Waals surface area contributed by atoms with E-state index in [1.54, 1.807) is 11.3 Å². The Morgan fingerprint density at radius 3 is 2.74 bits per heavy atom. The number of pyridine rings is 1. The number of halogens is 1. The number of rotatable bonds is 7. The molecule has 3 rings (SSSR count). The number of anilines is 1. The summed E-state index contributed by atoms with van der Waals surface area (Å²) < 4.78 is 0. The fourth-order valence-electron chi connectivity index (χ4n) is 2.50. The molecule has 0 amide bonds. The predicted octanol–water partition coefficient (Wildman–Crippen LogP) is 3.78. The maximum Gasteiger partial charge on any atom is 0.191 e. The standard InChI is InChI=1S/C19H24N6S.HI/c1-3-20-19(24-13-18-23-12-14(2)26-18)22-11-10-21-17-9-8-15-6-4-5-7-16(15)25-17;/h4-9,12H,3,10-11,13H2,1-2H3,(H,21,25)(H2,20,22,24);1H. The van der Waals surface area contributed by atoms with Gasteiger partial charge in [-0.1, -0.05) is 18.2 Å². The lowest BCUT2D eigenvalue weighted by molar-refractivity contribution is 0.817. The summed E-state index contributed by atoms with van der Waals surface area (Å²) in [5.74, 6) is 1.68. The molecule has 3 N–H and O–H groups in total. The molecule has 0 spiro atoms. The SMILES string of the molecule is CCNC(=NCc1ncc(C)s1)NCCNc1ccc2ccccc2n1.I. The van der Waals surface area contributed by atoms with Crippen molar-refractivity contribution in [1.29, 1.82) is 0 Å². The van der Waals surface area contributed by atoms with Crippen molar-refractivity contribution in [3.63, 3.8) is 0 Å². The topological polar surface area (TPSA) is 74.2 Å². The first-order valence-corrected chi connectivity index (χ1v) is 9.59. The van der Waals surface area contributed by atoms with Crippen molar-refractivity contribution in [1.82, 2.24) is 20.6 Å². The molecule has 0 radical (unpaired) electrons. The van der Waals surface area contributed by atoms with E-state index < -0.39 is 0 Å². The van der Waals surface area contributed by atoms with Gasteiger partial charge < -0.3 is 16.0 Å². The van der Waals surface area contributed by atoms with Crippen LogP contribution in [0.5, 0.6) is 0 Å². The van der Waals surface area contributed by atoms with E-state index in [-0.39, 0.29) is 24.0 Å². The zero-order chi connectivity index (χ0) is 18.2. The molecule has 0 fully saturated rings. The van der Waals surface area contributed by atoms with Crippen molar-refractivity contribution in [3.8, 4) is 0 Å². The first kappa shape index (κ1) is 21.4. The second-order valence-electron chi connectivity index (χ2n) is 5.80. The van der Waals surface area contributed by atoms with Gasteiger partial charge in [0.2, 0.25) is 0 Å². The van der Waals surface area contributed by atoms with Crippen molar-refractivity contribution < 1.29 is 0 Å². The second kappa shape index (κ2) is 11.0. The second-order valence-corrected chi connectivity index (χ2v) is 7.12. The normalized spacial score (nSPS) is 11.1. The molecule has 6 nitrogen and oxygen atoms in total. The van der Waals surface area contributed by atoms with Gasteiger partial charge in [0.15, 0.2) is 5.96 Å². The quantitative estimate of drug-likeness (QED) is 0.201. The van der Waals surface area contributed by atoms with Gasteiger partial charge in [0.1, 0.15) is 10.8 Å². The highest BCUT2D eigenvalue weighted by atomic mass is 127. The Labute approximate surface area is 180 Å². The molecule has 0 saturated heterocycles. The Hall–Kier alpha value is -1.94. The van der Waals surface area contributed by atoms with Crippen molar-refractivity contribution in [2.24, 2.45) is 4.99 Å². The van der Waals surface area contributed by atoms with Gasteiger partial charge in [0, 0.05) is 36.1 Å². The van der Waals surface area contributed by atoms with Gasteiger partial charge in [-0.05, 0) is 32.0 Å². The third kappa shape index (κ3) is 6.62. The van der Waals surface area contributed by atoms with Gasteiger partial charge in [0.25, 0.3) is 0 Å². The number of para-hydroxylation sites is 1. The van der Waals surface area contributed by atoms with E-state index in [0.717, 1.165) is 47.3 Å². The highest BCUT2D eigenvalue weighted by Gasteiger charge is 2.01. The summed E-state index contributed by atoms with van der Waals surface area (Å²) in [4.78, 5) is 14.7. The van der Waals surface area contributed by atoms with Gasteiger partial charge in [-0.2, -0.15) is 0 Å². The minimum Gasteiger partial charge on any atom is -0.368 e. The Bertz CT molecular complexity index is 879. The summed E-state index contributed by atoms with van der Waals surface area (Å²) in [6, 6.07) is 12.2. The summed E-state index contributed by atoms with van der Waals surface area (Å²) in [6.45, 7) is 7.03. The van der Waals surface area contributed by atoms with Crippen LogP contribution in [0.25, 0.3) is 10.9 Å². The van der Waals surface area contributed by atoms with E-state index in [4.69, 9.17) is 0 Å². The average molecular weight is 496 g/mol. The molecule has 0 unspecified atom stereocenters. The lowest BCUT2D eigenvalue weighted by atomic mass is 10.2. The maximum atomic E-state index is 4.61. The molecule has 0 aliphatic carbocycles. The van der Waals surface area contributed by atoms with Crippen LogP contribution in [0, 0.1) is 6.92 Å². The summed E-state index contributed by atoms with van der Waals surface area (Å²) in [6.07, 6.45) is 1.89. The summed E-state index contributed by atoms with van der Waals surface area (Å²) in [5.41, 5.74) is 0.999. The third-order valence-corrected chi connectivity index (χ3v) is 4.61. The Morgan fingerprint density at radius 2 is 1.96 bits per heavy atom. The number of hydrogen-bond acceptors (Lipinski definition) is 5. The van der Waals surface area contributed by atoms with Gasteiger partial charge in [-0.15, -0.1) is 35.3 Å². The molecule has 0 aliphatic rings. The van der Waals surface area contributed by atoms with Crippen LogP contribution in [0.2, 0.25) is 0 Å². The molecule has 0 saturated carbocycles. The first-order chi connectivity index (χ1) is 12.7. The maximum absolute atomic E-state index is 4.61. The fraction of sp³-hybridized carbons (Fsp3) is 0.316. The van der Waals surface area contributed by atoms with Crippen LogP contribution in [-0.2, 0) is 6.54 Å². The first-order valence-electron chi connectivity index (χ1n) is 8.78. The lowest BCUT2D eigenvalue weighted by Crippen LogP contribution is -2.39. The van der Waals surface area contributed by atoms with Crippen LogP contribution in [0.1, 0.15) is 16.8 Å². The third-order valence-electron chi connectivity index (χ3n) is 3.71.